The molecule has 0 aliphatic heterocycles. The van der Waals surface area contributed by atoms with Gasteiger partial charge in [-0.2, -0.15) is 0 Å². The Hall–Kier alpha value is -1.07. The van der Waals surface area contributed by atoms with Crippen molar-refractivity contribution in [3.8, 4) is 5.75 Å². The van der Waals surface area contributed by atoms with Gasteiger partial charge in [0.25, 0.3) is 0 Å². The summed E-state index contributed by atoms with van der Waals surface area (Å²) in [7, 11) is -1.68. The Bertz CT molecular complexity index is 621. The summed E-state index contributed by atoms with van der Waals surface area (Å²) in [5.74, 6) is 0.753. The van der Waals surface area contributed by atoms with E-state index >= 15 is 0 Å². The molecule has 1 aliphatic carbocycles. The first kappa shape index (κ1) is 15.3. The van der Waals surface area contributed by atoms with E-state index in [-0.39, 0.29) is 0 Å². The molecule has 0 saturated heterocycles. The van der Waals surface area contributed by atoms with Crippen LogP contribution in [0, 0.1) is 13.8 Å². The number of methoxy groups -OCH3 is 1. The molecule has 2 unspecified atom stereocenters. The zero-order valence-electron chi connectivity index (χ0n) is 12.4. The highest BCUT2D eigenvalue weighted by Gasteiger charge is 2.48. The number of hydrogen-bond donors (Lipinski definition) is 1. The molecule has 1 aromatic carbocycles. The lowest BCUT2D eigenvalue weighted by Gasteiger charge is -2.31. The average molecular weight is 298 g/mol. The number of hydrogen-bond acceptors (Lipinski definition) is 4. The summed E-state index contributed by atoms with van der Waals surface area (Å²) in [4.78, 5) is 0. The zero-order valence-corrected chi connectivity index (χ0v) is 13.3. The van der Waals surface area contributed by atoms with Crippen LogP contribution < -0.4 is 4.74 Å². The fourth-order valence-electron chi connectivity index (χ4n) is 3.31. The maximum atomic E-state index is 12.0. The Kier molecular flexibility index (Phi) is 3.86. The lowest BCUT2D eigenvalue weighted by molar-refractivity contribution is 0.0469. The monoisotopic (exact) mass is 298 g/mol. The average Bonchev–Trinajstić information content (AvgIpc) is 2.74. The minimum Gasteiger partial charge on any atom is -0.496 e. The smallest absolute Gasteiger partial charge is 0.153 e. The highest BCUT2D eigenvalue weighted by molar-refractivity contribution is 7.91. The summed E-state index contributed by atoms with van der Waals surface area (Å²) >= 11 is 0. The van der Waals surface area contributed by atoms with Crippen molar-refractivity contribution < 1.29 is 18.3 Å². The molecule has 0 radical (unpaired) electrons. The fourth-order valence-corrected chi connectivity index (χ4v) is 4.86. The first-order valence-electron chi connectivity index (χ1n) is 6.77. The Morgan fingerprint density at radius 3 is 2.50 bits per heavy atom. The first-order valence-corrected chi connectivity index (χ1v) is 8.72. The van der Waals surface area contributed by atoms with Crippen LogP contribution in [-0.4, -0.2) is 32.1 Å². The molecule has 1 aliphatic rings. The van der Waals surface area contributed by atoms with Gasteiger partial charge in [0, 0.05) is 6.26 Å². The van der Waals surface area contributed by atoms with Gasteiger partial charge in [-0.3, -0.25) is 0 Å². The Balaban J connectivity index is 2.57. The minimum absolute atomic E-state index is 0.483. The molecule has 5 heteroatoms. The largest absolute Gasteiger partial charge is 0.496 e. The summed E-state index contributed by atoms with van der Waals surface area (Å²) in [6.07, 6.45) is 2.93. The van der Waals surface area contributed by atoms with Gasteiger partial charge in [0.2, 0.25) is 0 Å². The SMILES string of the molecule is COc1cc(C)c(C2(O)CCCC2S(C)(=O)=O)cc1C. The quantitative estimate of drug-likeness (QED) is 0.928. The number of ether oxygens (including phenoxy) is 1. The second kappa shape index (κ2) is 5.04. The van der Waals surface area contributed by atoms with E-state index in [0.717, 1.165) is 23.3 Å². The van der Waals surface area contributed by atoms with E-state index in [2.05, 4.69) is 0 Å². The number of aryl methyl sites for hydroxylation is 2. The lowest BCUT2D eigenvalue weighted by atomic mass is 9.87. The van der Waals surface area contributed by atoms with Crippen LogP contribution in [0.15, 0.2) is 12.1 Å². The summed E-state index contributed by atoms with van der Waals surface area (Å²) in [5.41, 5.74) is 1.20. The molecule has 0 heterocycles. The molecule has 112 valence electrons. The van der Waals surface area contributed by atoms with Crippen LogP contribution in [0.3, 0.4) is 0 Å². The normalized spacial score (nSPS) is 26.8. The van der Waals surface area contributed by atoms with Gasteiger partial charge < -0.3 is 9.84 Å². The van der Waals surface area contributed by atoms with Crippen molar-refractivity contribution in [2.45, 2.75) is 44.0 Å². The molecule has 1 N–H and O–H groups in total. The van der Waals surface area contributed by atoms with Crippen LogP contribution >= 0.6 is 0 Å². The van der Waals surface area contributed by atoms with Crippen LogP contribution in [0.1, 0.15) is 36.0 Å². The summed E-state index contributed by atoms with van der Waals surface area (Å²) in [6, 6.07) is 3.72. The Morgan fingerprint density at radius 2 is 1.95 bits per heavy atom. The number of aliphatic hydroxyl groups is 1. The van der Waals surface area contributed by atoms with E-state index in [9.17, 15) is 13.5 Å². The highest BCUT2D eigenvalue weighted by atomic mass is 32.2. The Morgan fingerprint density at radius 1 is 1.30 bits per heavy atom. The molecule has 0 amide bonds. The van der Waals surface area contributed by atoms with Gasteiger partial charge in [-0.1, -0.05) is 0 Å². The maximum absolute atomic E-state index is 12.0. The molecule has 1 aromatic rings. The van der Waals surface area contributed by atoms with Gasteiger partial charge >= 0.3 is 0 Å². The van der Waals surface area contributed by atoms with Crippen LogP contribution in [0.4, 0.5) is 0 Å². The van der Waals surface area contributed by atoms with Gasteiger partial charge in [-0.25, -0.2) is 8.42 Å². The van der Waals surface area contributed by atoms with Crippen molar-refractivity contribution in [2.24, 2.45) is 0 Å². The molecule has 2 atom stereocenters. The molecule has 1 fully saturated rings. The van der Waals surface area contributed by atoms with Crippen LogP contribution in [-0.2, 0) is 15.4 Å². The lowest BCUT2D eigenvalue weighted by Crippen LogP contribution is -2.40. The fraction of sp³-hybridized carbons (Fsp3) is 0.600. The molecule has 4 nitrogen and oxygen atoms in total. The van der Waals surface area contributed by atoms with Gasteiger partial charge in [0.05, 0.1) is 12.4 Å². The van der Waals surface area contributed by atoms with Crippen molar-refractivity contribution in [3.63, 3.8) is 0 Å². The van der Waals surface area contributed by atoms with E-state index in [1.807, 2.05) is 26.0 Å². The standard InChI is InChI=1S/C15H22O4S/c1-10-9-13(19-3)11(2)8-12(10)15(16)7-5-6-14(15)20(4,17)18/h8-9,14,16H,5-7H2,1-4H3. The van der Waals surface area contributed by atoms with Crippen molar-refractivity contribution in [3.05, 3.63) is 28.8 Å². The molecule has 0 aromatic heterocycles. The van der Waals surface area contributed by atoms with Crippen LogP contribution in [0.25, 0.3) is 0 Å². The number of rotatable bonds is 3. The maximum Gasteiger partial charge on any atom is 0.153 e. The summed E-state index contributed by atoms with van der Waals surface area (Å²) < 4.78 is 29.2. The number of sulfone groups is 1. The van der Waals surface area contributed by atoms with Crippen LogP contribution in [0.2, 0.25) is 0 Å². The molecular weight excluding hydrogens is 276 g/mol. The van der Waals surface area contributed by atoms with Crippen molar-refractivity contribution in [1.82, 2.24) is 0 Å². The topological polar surface area (TPSA) is 63.6 Å². The second-order valence-electron chi connectivity index (χ2n) is 5.77. The molecule has 0 spiro atoms. The first-order chi connectivity index (χ1) is 9.20. The second-order valence-corrected chi connectivity index (χ2v) is 8.00. The third kappa shape index (κ3) is 2.44. The molecule has 1 saturated carbocycles. The zero-order chi connectivity index (χ0) is 15.1. The molecule has 2 rings (SSSR count). The van der Waals surface area contributed by atoms with Crippen molar-refractivity contribution >= 4 is 9.84 Å². The minimum atomic E-state index is -3.28. The molecule has 0 bridgehead atoms. The third-order valence-electron chi connectivity index (χ3n) is 4.28. The number of benzene rings is 1. The van der Waals surface area contributed by atoms with Crippen LogP contribution in [0.5, 0.6) is 5.75 Å². The van der Waals surface area contributed by atoms with E-state index in [1.54, 1.807) is 7.11 Å². The van der Waals surface area contributed by atoms with Gasteiger partial charge in [0.15, 0.2) is 9.84 Å². The predicted octanol–water partition coefficient (Wildman–Crippen LogP) is 2.10. The van der Waals surface area contributed by atoms with Crippen molar-refractivity contribution in [1.29, 1.82) is 0 Å². The van der Waals surface area contributed by atoms with E-state index in [4.69, 9.17) is 4.74 Å². The van der Waals surface area contributed by atoms with E-state index < -0.39 is 20.7 Å². The van der Waals surface area contributed by atoms with Crippen molar-refractivity contribution in [2.75, 3.05) is 13.4 Å². The van der Waals surface area contributed by atoms with Gasteiger partial charge in [-0.15, -0.1) is 0 Å². The summed E-state index contributed by atoms with van der Waals surface area (Å²) in [6.45, 7) is 3.78. The van der Waals surface area contributed by atoms with E-state index in [0.29, 0.717) is 18.4 Å². The van der Waals surface area contributed by atoms with E-state index in [1.165, 1.54) is 6.26 Å². The Labute approximate surface area is 120 Å². The third-order valence-corrected chi connectivity index (χ3v) is 5.94. The highest BCUT2D eigenvalue weighted by Crippen LogP contribution is 2.44. The molecule has 20 heavy (non-hydrogen) atoms. The predicted molar refractivity (Wildman–Crippen MR) is 78.8 cm³/mol. The van der Waals surface area contributed by atoms with Gasteiger partial charge in [-0.05, 0) is 61.9 Å². The molecular formula is C15H22O4S. The summed E-state index contributed by atoms with van der Waals surface area (Å²) in [5, 5.41) is 10.3. The van der Waals surface area contributed by atoms with Gasteiger partial charge in [0.1, 0.15) is 11.4 Å².